The Hall–Kier alpha value is -1.92. The van der Waals surface area contributed by atoms with Crippen LogP contribution < -0.4 is 10.6 Å². The van der Waals surface area contributed by atoms with Crippen molar-refractivity contribution in [1.29, 1.82) is 0 Å². The monoisotopic (exact) mass is 321 g/mol. The van der Waals surface area contributed by atoms with Crippen molar-refractivity contribution < 1.29 is 4.79 Å². The van der Waals surface area contributed by atoms with Gasteiger partial charge in [0.05, 0.1) is 6.54 Å². The average molecular weight is 322 g/mol. The molecule has 1 unspecified atom stereocenters. The molecular weight excluding hydrogens is 302 g/mol. The number of rotatable bonds is 5. The van der Waals surface area contributed by atoms with Crippen LogP contribution in [0.4, 0.5) is 0 Å². The fourth-order valence-corrected chi connectivity index (χ4v) is 2.64. The van der Waals surface area contributed by atoms with Crippen molar-refractivity contribution in [3.63, 3.8) is 0 Å². The molecule has 0 aliphatic carbocycles. The highest BCUT2D eigenvalue weighted by Gasteiger charge is 2.19. The molecule has 22 heavy (non-hydrogen) atoms. The largest absolute Gasteiger partial charge is 0.354 e. The van der Waals surface area contributed by atoms with Crippen LogP contribution in [-0.2, 0) is 17.8 Å². The van der Waals surface area contributed by atoms with Crippen LogP contribution in [0.2, 0.25) is 0 Å². The van der Waals surface area contributed by atoms with Crippen molar-refractivity contribution in [2.24, 2.45) is 0 Å². The minimum atomic E-state index is 0. The zero-order valence-electron chi connectivity index (χ0n) is 12.2. The normalized spacial score (nSPS) is 16.5. The highest BCUT2D eigenvalue weighted by molar-refractivity contribution is 5.85. The van der Waals surface area contributed by atoms with Gasteiger partial charge in [0.1, 0.15) is 12.7 Å². The first kappa shape index (κ1) is 16.5. The molecule has 1 amide bonds. The van der Waals surface area contributed by atoms with Crippen LogP contribution >= 0.6 is 12.4 Å². The number of aryl methyl sites for hydroxylation is 1. The van der Waals surface area contributed by atoms with Crippen molar-refractivity contribution in [1.82, 2.24) is 25.4 Å². The van der Waals surface area contributed by atoms with Gasteiger partial charge in [0.2, 0.25) is 5.91 Å². The second kappa shape index (κ2) is 7.91. The third-order valence-corrected chi connectivity index (χ3v) is 3.75. The summed E-state index contributed by atoms with van der Waals surface area (Å²) in [6.45, 7) is 2.13. The number of halogens is 1. The minimum absolute atomic E-state index is 0. The molecule has 2 heterocycles. The lowest BCUT2D eigenvalue weighted by atomic mass is 9.94. The van der Waals surface area contributed by atoms with E-state index in [-0.39, 0.29) is 24.4 Å². The van der Waals surface area contributed by atoms with E-state index in [2.05, 4.69) is 38.9 Å². The van der Waals surface area contributed by atoms with Gasteiger partial charge in [-0.15, -0.1) is 12.4 Å². The van der Waals surface area contributed by atoms with Crippen molar-refractivity contribution >= 4 is 18.3 Å². The molecule has 0 radical (unpaired) electrons. The molecule has 3 rings (SSSR count). The van der Waals surface area contributed by atoms with Crippen LogP contribution in [0.5, 0.6) is 0 Å². The highest BCUT2D eigenvalue weighted by atomic mass is 35.5. The minimum Gasteiger partial charge on any atom is -0.354 e. The Morgan fingerprint density at radius 2 is 2.27 bits per heavy atom. The number of carbonyl (C=O) groups excluding carboxylic acids is 1. The standard InChI is InChI=1S/C15H19N5O.ClH/c21-15(6-8-20-11-16-10-19-20)18-9-14-13-4-2-1-3-12(13)5-7-17-14;/h1-4,10-11,14,17H,5-9H2,(H,18,21);1H. The summed E-state index contributed by atoms with van der Waals surface area (Å²) in [4.78, 5) is 15.7. The number of fused-ring (bicyclic) bond motifs is 1. The number of nitrogens with one attached hydrogen (secondary N) is 2. The Labute approximate surface area is 135 Å². The molecule has 0 fully saturated rings. The second-order valence-electron chi connectivity index (χ2n) is 5.17. The first-order valence-electron chi connectivity index (χ1n) is 7.23. The summed E-state index contributed by atoms with van der Waals surface area (Å²) in [5.74, 6) is 0.0374. The maximum absolute atomic E-state index is 11.9. The SMILES string of the molecule is Cl.O=C(CCn1cncn1)NCC1NCCc2ccccc21. The van der Waals surface area contributed by atoms with Crippen molar-refractivity contribution in [2.45, 2.75) is 25.4 Å². The van der Waals surface area contributed by atoms with Gasteiger partial charge in [-0.2, -0.15) is 5.10 Å². The predicted molar refractivity (Wildman–Crippen MR) is 85.8 cm³/mol. The summed E-state index contributed by atoms with van der Waals surface area (Å²) in [5, 5.41) is 10.4. The maximum Gasteiger partial charge on any atom is 0.221 e. The molecule has 2 N–H and O–H groups in total. The van der Waals surface area contributed by atoms with Gasteiger partial charge in [0.15, 0.2) is 0 Å². The zero-order chi connectivity index (χ0) is 14.5. The Morgan fingerprint density at radius 3 is 3.09 bits per heavy atom. The number of carbonyl (C=O) groups is 1. The first-order chi connectivity index (χ1) is 10.3. The summed E-state index contributed by atoms with van der Waals surface area (Å²) in [6, 6.07) is 8.61. The van der Waals surface area contributed by atoms with Gasteiger partial charge in [-0.1, -0.05) is 24.3 Å². The maximum atomic E-state index is 11.9. The van der Waals surface area contributed by atoms with Gasteiger partial charge in [0, 0.05) is 19.0 Å². The molecule has 7 heteroatoms. The summed E-state index contributed by atoms with van der Waals surface area (Å²) >= 11 is 0. The molecule has 0 spiro atoms. The molecule has 2 aromatic rings. The quantitative estimate of drug-likeness (QED) is 0.865. The predicted octanol–water partition coefficient (Wildman–Crippen LogP) is 1.09. The summed E-state index contributed by atoms with van der Waals surface area (Å²) in [7, 11) is 0. The summed E-state index contributed by atoms with van der Waals surface area (Å²) in [5.41, 5.74) is 2.67. The fourth-order valence-electron chi connectivity index (χ4n) is 2.64. The van der Waals surface area contributed by atoms with E-state index < -0.39 is 0 Å². The lowest BCUT2D eigenvalue weighted by Gasteiger charge is -2.27. The second-order valence-corrected chi connectivity index (χ2v) is 5.17. The molecule has 1 aliphatic heterocycles. The Bertz CT molecular complexity index is 602. The Morgan fingerprint density at radius 1 is 1.41 bits per heavy atom. The fraction of sp³-hybridized carbons (Fsp3) is 0.400. The van der Waals surface area contributed by atoms with E-state index in [9.17, 15) is 4.79 Å². The van der Waals surface area contributed by atoms with Crippen LogP contribution in [0.1, 0.15) is 23.6 Å². The molecule has 1 atom stereocenters. The third kappa shape index (κ3) is 4.05. The van der Waals surface area contributed by atoms with Gasteiger partial charge < -0.3 is 10.6 Å². The molecule has 6 nitrogen and oxygen atoms in total. The van der Waals surface area contributed by atoms with Crippen molar-refractivity contribution in [2.75, 3.05) is 13.1 Å². The smallest absolute Gasteiger partial charge is 0.221 e. The van der Waals surface area contributed by atoms with E-state index >= 15 is 0 Å². The van der Waals surface area contributed by atoms with Gasteiger partial charge in [0.25, 0.3) is 0 Å². The van der Waals surface area contributed by atoms with E-state index in [1.807, 2.05) is 6.07 Å². The Balaban J connectivity index is 0.00000176. The van der Waals surface area contributed by atoms with Gasteiger partial charge in [-0.25, -0.2) is 4.98 Å². The molecular formula is C15H20ClN5O. The molecule has 0 bridgehead atoms. The third-order valence-electron chi connectivity index (χ3n) is 3.75. The van der Waals surface area contributed by atoms with Gasteiger partial charge >= 0.3 is 0 Å². The molecule has 0 saturated heterocycles. The van der Waals surface area contributed by atoms with E-state index in [4.69, 9.17) is 0 Å². The number of hydrogen-bond acceptors (Lipinski definition) is 4. The topological polar surface area (TPSA) is 71.8 Å². The number of amides is 1. The van der Waals surface area contributed by atoms with Crippen LogP contribution in [-0.4, -0.2) is 33.8 Å². The average Bonchev–Trinajstić information content (AvgIpc) is 3.04. The van der Waals surface area contributed by atoms with Gasteiger partial charge in [-0.05, 0) is 24.1 Å². The number of aromatic nitrogens is 3. The van der Waals surface area contributed by atoms with Gasteiger partial charge in [-0.3, -0.25) is 9.48 Å². The van der Waals surface area contributed by atoms with E-state index in [0.29, 0.717) is 19.5 Å². The molecule has 0 saturated carbocycles. The molecule has 1 aliphatic rings. The van der Waals surface area contributed by atoms with Crippen LogP contribution in [0.15, 0.2) is 36.9 Å². The molecule has 1 aromatic heterocycles. The van der Waals surface area contributed by atoms with E-state index in [1.54, 1.807) is 11.0 Å². The van der Waals surface area contributed by atoms with E-state index in [1.165, 1.54) is 17.5 Å². The van der Waals surface area contributed by atoms with Crippen molar-refractivity contribution in [3.05, 3.63) is 48.0 Å². The lowest BCUT2D eigenvalue weighted by molar-refractivity contribution is -0.121. The Kier molecular flexibility index (Phi) is 5.91. The lowest BCUT2D eigenvalue weighted by Crippen LogP contribution is -2.39. The first-order valence-corrected chi connectivity index (χ1v) is 7.23. The number of nitrogens with zero attached hydrogens (tertiary/aromatic N) is 3. The molecule has 118 valence electrons. The van der Waals surface area contributed by atoms with Crippen LogP contribution in [0.3, 0.4) is 0 Å². The van der Waals surface area contributed by atoms with Crippen molar-refractivity contribution in [3.8, 4) is 0 Å². The number of hydrogen-bond donors (Lipinski definition) is 2. The molecule has 1 aromatic carbocycles. The number of benzene rings is 1. The summed E-state index contributed by atoms with van der Waals surface area (Å²) in [6.07, 6.45) is 4.55. The van der Waals surface area contributed by atoms with Crippen LogP contribution in [0, 0.1) is 0 Å². The van der Waals surface area contributed by atoms with Crippen LogP contribution in [0.25, 0.3) is 0 Å². The van der Waals surface area contributed by atoms with E-state index in [0.717, 1.165) is 13.0 Å². The summed E-state index contributed by atoms with van der Waals surface area (Å²) < 4.78 is 1.66. The highest BCUT2D eigenvalue weighted by Crippen LogP contribution is 2.21. The zero-order valence-corrected chi connectivity index (χ0v) is 13.1.